The highest BCUT2D eigenvalue weighted by Crippen LogP contribution is 2.08. The first kappa shape index (κ1) is 20.2. The van der Waals surface area contributed by atoms with E-state index in [1.807, 2.05) is 37.4 Å². The molecule has 0 amide bonds. The minimum atomic E-state index is -0.0654. The summed E-state index contributed by atoms with van der Waals surface area (Å²) in [6.45, 7) is 7.27. The zero-order valence-electron chi connectivity index (χ0n) is 16.3. The van der Waals surface area contributed by atoms with Gasteiger partial charge in [0.15, 0.2) is 5.11 Å². The van der Waals surface area contributed by atoms with Crippen molar-refractivity contribution in [1.29, 1.82) is 0 Å². The number of rotatable bonds is 6. The minimum Gasteiger partial charge on any atom is -0.370 e. The summed E-state index contributed by atoms with van der Waals surface area (Å²) >= 11 is 5.27. The molecular formula is C19H27N6O2S+. The van der Waals surface area contributed by atoms with E-state index in [1.54, 1.807) is 22.5 Å². The quantitative estimate of drug-likeness (QED) is 0.334. The Morgan fingerprint density at radius 1 is 1.32 bits per heavy atom. The average Bonchev–Trinajstić information content (AvgIpc) is 2.92. The number of morpholine rings is 1. The van der Waals surface area contributed by atoms with Crippen molar-refractivity contribution in [2.45, 2.75) is 6.92 Å². The molecule has 1 fully saturated rings. The standard InChI is InChI=1S/C19H26N6O2S/c1-15-17(23(2)25(18(15)26)16-6-4-3-5-7-16)14-21-22-19(28)20-8-9-24-10-12-27-13-11-24/h3-7,14H,8-13H2,1-2H3,(H2,20,22,28)/p+1/b21-14-. The summed E-state index contributed by atoms with van der Waals surface area (Å²) in [5.74, 6) is 0. The summed E-state index contributed by atoms with van der Waals surface area (Å²) in [4.78, 5) is 14.1. The Morgan fingerprint density at radius 3 is 2.75 bits per heavy atom. The van der Waals surface area contributed by atoms with Crippen molar-refractivity contribution in [2.75, 3.05) is 39.4 Å². The molecule has 3 rings (SSSR count). The molecule has 0 bridgehead atoms. The molecule has 1 aliphatic heterocycles. The fourth-order valence-corrected chi connectivity index (χ4v) is 3.40. The Bertz CT molecular complexity index is 884. The lowest BCUT2D eigenvalue weighted by Gasteiger charge is -2.23. The second-order valence-electron chi connectivity index (χ2n) is 6.72. The Morgan fingerprint density at radius 2 is 2.04 bits per heavy atom. The SMILES string of the molecule is Cc1c(/C=N\NC(=S)NCC[NH+]2CCOCC2)n(C)n(-c2ccccc2)c1=O. The molecule has 1 saturated heterocycles. The third-order valence-corrected chi connectivity index (χ3v) is 5.10. The molecule has 8 nitrogen and oxygen atoms in total. The van der Waals surface area contributed by atoms with E-state index in [2.05, 4.69) is 15.8 Å². The smallest absolute Gasteiger partial charge is 0.274 e. The van der Waals surface area contributed by atoms with Gasteiger partial charge in [-0.3, -0.25) is 14.9 Å². The number of benzene rings is 1. The predicted molar refractivity (Wildman–Crippen MR) is 113 cm³/mol. The fraction of sp³-hybridized carbons (Fsp3) is 0.421. The van der Waals surface area contributed by atoms with Gasteiger partial charge in [0, 0.05) is 12.6 Å². The van der Waals surface area contributed by atoms with E-state index >= 15 is 0 Å². The Labute approximate surface area is 169 Å². The molecule has 0 radical (unpaired) electrons. The van der Waals surface area contributed by atoms with Gasteiger partial charge in [-0.15, -0.1) is 0 Å². The molecule has 1 aromatic heterocycles. The van der Waals surface area contributed by atoms with E-state index in [0.29, 0.717) is 10.7 Å². The van der Waals surface area contributed by atoms with E-state index in [-0.39, 0.29) is 5.56 Å². The number of aromatic nitrogens is 2. The molecule has 0 unspecified atom stereocenters. The normalized spacial score (nSPS) is 15.1. The molecule has 150 valence electrons. The van der Waals surface area contributed by atoms with Crippen molar-refractivity contribution in [3.8, 4) is 5.69 Å². The first-order chi connectivity index (χ1) is 13.6. The van der Waals surface area contributed by atoms with Gasteiger partial charge in [0.2, 0.25) is 0 Å². The number of nitrogens with one attached hydrogen (secondary N) is 3. The van der Waals surface area contributed by atoms with Gasteiger partial charge >= 0.3 is 0 Å². The van der Waals surface area contributed by atoms with Crippen LogP contribution >= 0.6 is 12.2 Å². The highest BCUT2D eigenvalue weighted by atomic mass is 32.1. The van der Waals surface area contributed by atoms with E-state index in [4.69, 9.17) is 17.0 Å². The van der Waals surface area contributed by atoms with Crippen LogP contribution < -0.4 is 21.2 Å². The van der Waals surface area contributed by atoms with Gasteiger partial charge in [0.1, 0.15) is 13.1 Å². The van der Waals surface area contributed by atoms with Crippen LogP contribution in [0.5, 0.6) is 0 Å². The number of nitrogens with zero attached hydrogens (tertiary/aromatic N) is 3. The predicted octanol–water partition coefficient (Wildman–Crippen LogP) is -0.802. The summed E-state index contributed by atoms with van der Waals surface area (Å²) in [6.07, 6.45) is 1.62. The number of ether oxygens (including phenoxy) is 1. The maximum Gasteiger partial charge on any atom is 0.274 e. The third-order valence-electron chi connectivity index (χ3n) is 4.86. The Balaban J connectivity index is 1.57. The lowest BCUT2D eigenvalue weighted by atomic mass is 10.3. The number of quaternary nitrogens is 1. The first-order valence-electron chi connectivity index (χ1n) is 9.40. The van der Waals surface area contributed by atoms with Gasteiger partial charge in [-0.05, 0) is 31.3 Å². The molecule has 1 aliphatic rings. The van der Waals surface area contributed by atoms with Gasteiger partial charge in [0.25, 0.3) is 5.56 Å². The first-order valence-corrected chi connectivity index (χ1v) is 9.81. The van der Waals surface area contributed by atoms with Crippen LogP contribution in [0.3, 0.4) is 0 Å². The molecule has 9 heteroatoms. The van der Waals surface area contributed by atoms with Crippen LogP contribution in [0, 0.1) is 6.92 Å². The van der Waals surface area contributed by atoms with Crippen molar-refractivity contribution in [1.82, 2.24) is 20.1 Å². The molecule has 3 N–H and O–H groups in total. The van der Waals surface area contributed by atoms with Crippen LogP contribution in [-0.4, -0.2) is 60.1 Å². The van der Waals surface area contributed by atoms with Crippen LogP contribution in [0.25, 0.3) is 5.69 Å². The lowest BCUT2D eigenvalue weighted by molar-refractivity contribution is -0.906. The van der Waals surface area contributed by atoms with Gasteiger partial charge in [-0.2, -0.15) is 5.10 Å². The van der Waals surface area contributed by atoms with Crippen LogP contribution in [0.15, 0.2) is 40.2 Å². The number of hydrogen-bond donors (Lipinski definition) is 3. The molecule has 0 aliphatic carbocycles. The zero-order valence-corrected chi connectivity index (χ0v) is 17.1. The number of thiocarbonyl (C=S) groups is 1. The van der Waals surface area contributed by atoms with Crippen molar-refractivity contribution in [2.24, 2.45) is 12.1 Å². The van der Waals surface area contributed by atoms with Gasteiger partial charge in [-0.1, -0.05) is 18.2 Å². The van der Waals surface area contributed by atoms with Crippen molar-refractivity contribution >= 4 is 23.5 Å². The molecule has 2 aromatic rings. The highest BCUT2D eigenvalue weighted by Gasteiger charge is 2.14. The second kappa shape index (κ2) is 9.63. The molecule has 0 saturated carbocycles. The molecule has 0 spiro atoms. The summed E-state index contributed by atoms with van der Waals surface area (Å²) in [7, 11) is 1.84. The molecule has 2 heterocycles. The van der Waals surface area contributed by atoms with Crippen LogP contribution in [0.4, 0.5) is 0 Å². The molecule has 28 heavy (non-hydrogen) atoms. The van der Waals surface area contributed by atoms with Crippen LogP contribution in [0.2, 0.25) is 0 Å². The minimum absolute atomic E-state index is 0.0654. The monoisotopic (exact) mass is 403 g/mol. The fourth-order valence-electron chi connectivity index (χ4n) is 3.25. The van der Waals surface area contributed by atoms with E-state index in [9.17, 15) is 4.79 Å². The van der Waals surface area contributed by atoms with Crippen molar-refractivity contribution in [3.63, 3.8) is 0 Å². The number of hydrazone groups is 1. The number of hydrogen-bond acceptors (Lipinski definition) is 4. The second-order valence-corrected chi connectivity index (χ2v) is 7.13. The van der Waals surface area contributed by atoms with Crippen LogP contribution in [-0.2, 0) is 11.8 Å². The molecular weight excluding hydrogens is 376 g/mol. The summed E-state index contributed by atoms with van der Waals surface area (Å²) < 4.78 is 8.77. The largest absolute Gasteiger partial charge is 0.370 e. The third kappa shape index (κ3) is 4.86. The Kier molecular flexibility index (Phi) is 6.96. The maximum atomic E-state index is 12.6. The van der Waals surface area contributed by atoms with Crippen LogP contribution in [0.1, 0.15) is 11.3 Å². The lowest BCUT2D eigenvalue weighted by Crippen LogP contribution is -3.14. The molecule has 1 aromatic carbocycles. The molecule has 0 atom stereocenters. The summed E-state index contributed by atoms with van der Waals surface area (Å²) in [5.41, 5.74) is 4.93. The topological polar surface area (TPSA) is 77.0 Å². The van der Waals surface area contributed by atoms with E-state index in [1.165, 1.54) is 4.90 Å². The summed E-state index contributed by atoms with van der Waals surface area (Å²) in [5, 5.41) is 7.82. The van der Waals surface area contributed by atoms with Gasteiger partial charge in [-0.25, -0.2) is 4.68 Å². The highest BCUT2D eigenvalue weighted by molar-refractivity contribution is 7.80. The number of para-hydroxylation sites is 1. The average molecular weight is 404 g/mol. The summed E-state index contributed by atoms with van der Waals surface area (Å²) in [6, 6.07) is 9.53. The van der Waals surface area contributed by atoms with Gasteiger partial charge in [0.05, 0.1) is 43.9 Å². The van der Waals surface area contributed by atoms with Gasteiger partial charge < -0.3 is 15.0 Å². The zero-order chi connectivity index (χ0) is 19.9. The van der Waals surface area contributed by atoms with Crippen molar-refractivity contribution in [3.05, 3.63) is 51.9 Å². The van der Waals surface area contributed by atoms with Crippen molar-refractivity contribution < 1.29 is 9.64 Å². The van der Waals surface area contributed by atoms with E-state index in [0.717, 1.165) is 50.8 Å². The van der Waals surface area contributed by atoms with E-state index < -0.39 is 0 Å². The maximum absolute atomic E-state index is 12.6. The Hall–Kier alpha value is -2.49.